The molecule has 1 heterocycles. The van der Waals surface area contributed by atoms with Gasteiger partial charge in [0.1, 0.15) is 0 Å². The minimum Gasteiger partial charge on any atom is -0.478 e. The smallest absolute Gasteiger partial charge is 0.327 e. The average molecular weight is 310 g/mol. The third-order valence-corrected chi connectivity index (χ3v) is 5.64. The zero-order valence-corrected chi connectivity index (χ0v) is 13.4. The highest BCUT2D eigenvalue weighted by molar-refractivity contribution is 7.99. The Morgan fingerprint density at radius 2 is 1.90 bits per heavy atom. The van der Waals surface area contributed by atoms with E-state index in [4.69, 9.17) is 9.84 Å². The molecule has 0 aromatic heterocycles. The van der Waals surface area contributed by atoms with Crippen molar-refractivity contribution in [3.8, 4) is 0 Å². The highest BCUT2D eigenvalue weighted by atomic mass is 32.2. The Balaban J connectivity index is 1.64. The molecule has 0 amide bonds. The molecule has 1 saturated heterocycles. The molecule has 2 fully saturated rings. The number of allylic oxidation sites excluding steroid dienone is 3. The number of hydrogen-bond acceptors (Lipinski definition) is 3. The molecule has 21 heavy (non-hydrogen) atoms. The van der Waals surface area contributed by atoms with E-state index in [0.29, 0.717) is 18.4 Å². The summed E-state index contributed by atoms with van der Waals surface area (Å²) < 4.78 is 6.07. The van der Waals surface area contributed by atoms with E-state index in [0.717, 1.165) is 18.9 Å². The second-order valence-corrected chi connectivity index (χ2v) is 7.06. The summed E-state index contributed by atoms with van der Waals surface area (Å²) in [4.78, 5) is 10.3. The Hall–Kier alpha value is -0.740. The van der Waals surface area contributed by atoms with Crippen LogP contribution in [0.15, 0.2) is 24.3 Å². The van der Waals surface area contributed by atoms with E-state index in [1.54, 1.807) is 6.08 Å². The van der Waals surface area contributed by atoms with Crippen molar-refractivity contribution >= 4 is 17.7 Å². The van der Waals surface area contributed by atoms with Crippen LogP contribution < -0.4 is 0 Å². The second-order valence-electron chi connectivity index (χ2n) is 5.98. The van der Waals surface area contributed by atoms with Gasteiger partial charge < -0.3 is 9.84 Å². The van der Waals surface area contributed by atoms with Gasteiger partial charge in [0.2, 0.25) is 0 Å². The zero-order valence-electron chi connectivity index (χ0n) is 12.6. The zero-order chi connectivity index (χ0) is 14.9. The predicted molar refractivity (Wildman–Crippen MR) is 87.7 cm³/mol. The molecule has 118 valence electrons. The van der Waals surface area contributed by atoms with Crippen molar-refractivity contribution in [2.75, 3.05) is 18.1 Å². The van der Waals surface area contributed by atoms with E-state index in [1.807, 2.05) is 11.8 Å². The van der Waals surface area contributed by atoms with Gasteiger partial charge in [-0.05, 0) is 49.0 Å². The third-order valence-electron chi connectivity index (χ3n) is 4.32. The van der Waals surface area contributed by atoms with Crippen molar-refractivity contribution in [2.45, 2.75) is 44.6 Å². The summed E-state index contributed by atoms with van der Waals surface area (Å²) >= 11 is 2.04. The minimum atomic E-state index is -0.875. The predicted octanol–water partition coefficient (Wildman–Crippen LogP) is 3.90. The maximum atomic E-state index is 10.3. The van der Waals surface area contributed by atoms with Crippen LogP contribution in [0.25, 0.3) is 0 Å². The fraction of sp³-hybridized carbons (Fsp3) is 0.706. The monoisotopic (exact) mass is 310 g/mol. The molecule has 2 rings (SSSR count). The van der Waals surface area contributed by atoms with Gasteiger partial charge in [-0.2, -0.15) is 11.8 Å². The van der Waals surface area contributed by atoms with Crippen LogP contribution in [0.2, 0.25) is 0 Å². The summed E-state index contributed by atoms with van der Waals surface area (Å²) in [5.74, 6) is 2.99. The number of thioether (sulfide) groups is 1. The van der Waals surface area contributed by atoms with Gasteiger partial charge >= 0.3 is 5.97 Å². The molecule has 1 N–H and O–H groups in total. The maximum Gasteiger partial charge on any atom is 0.327 e. The molecule has 0 aromatic rings. The fourth-order valence-electron chi connectivity index (χ4n) is 3.02. The van der Waals surface area contributed by atoms with Crippen LogP contribution in [0.1, 0.15) is 38.5 Å². The Bertz CT molecular complexity index is 372. The van der Waals surface area contributed by atoms with Crippen molar-refractivity contribution in [1.82, 2.24) is 0 Å². The highest BCUT2D eigenvalue weighted by Crippen LogP contribution is 2.34. The van der Waals surface area contributed by atoms with E-state index >= 15 is 0 Å². The summed E-state index contributed by atoms with van der Waals surface area (Å²) in [6, 6.07) is 0. The number of aliphatic carboxylic acids is 1. The van der Waals surface area contributed by atoms with Gasteiger partial charge in [0, 0.05) is 6.08 Å². The van der Waals surface area contributed by atoms with Crippen molar-refractivity contribution in [3.05, 3.63) is 24.3 Å². The van der Waals surface area contributed by atoms with Crippen molar-refractivity contribution in [1.29, 1.82) is 0 Å². The van der Waals surface area contributed by atoms with Crippen LogP contribution in [-0.4, -0.2) is 35.3 Å². The molecular formula is C17H26O3S. The molecule has 0 spiro atoms. The van der Waals surface area contributed by atoms with Crippen LogP contribution in [0, 0.1) is 11.8 Å². The van der Waals surface area contributed by atoms with E-state index < -0.39 is 5.97 Å². The van der Waals surface area contributed by atoms with Crippen LogP contribution in [0.4, 0.5) is 0 Å². The largest absolute Gasteiger partial charge is 0.478 e. The fourth-order valence-corrected chi connectivity index (χ4v) is 4.54. The van der Waals surface area contributed by atoms with Crippen LogP contribution in [0.5, 0.6) is 0 Å². The van der Waals surface area contributed by atoms with E-state index in [1.165, 1.54) is 43.3 Å². The van der Waals surface area contributed by atoms with Crippen LogP contribution >= 0.6 is 11.8 Å². The first kappa shape index (κ1) is 16.6. The Morgan fingerprint density at radius 3 is 2.67 bits per heavy atom. The molecule has 0 radical (unpaired) electrons. The van der Waals surface area contributed by atoms with Crippen LogP contribution in [0.3, 0.4) is 0 Å². The Morgan fingerprint density at radius 1 is 1.14 bits per heavy atom. The topological polar surface area (TPSA) is 46.5 Å². The molecule has 0 aromatic carbocycles. The lowest BCUT2D eigenvalue weighted by Gasteiger charge is -2.20. The van der Waals surface area contributed by atoms with Gasteiger partial charge in [0.05, 0.1) is 12.7 Å². The van der Waals surface area contributed by atoms with Gasteiger partial charge in [0.25, 0.3) is 0 Å². The quantitative estimate of drug-likeness (QED) is 0.545. The normalized spacial score (nSPS) is 27.2. The highest BCUT2D eigenvalue weighted by Gasteiger charge is 2.28. The Kier molecular flexibility index (Phi) is 7.37. The lowest BCUT2D eigenvalue weighted by Crippen LogP contribution is -2.21. The number of rotatable bonds is 8. The minimum absolute atomic E-state index is 0.521. The number of carboxylic acid groups (broad SMARTS) is 1. The molecule has 3 nitrogen and oxygen atoms in total. The molecule has 4 heteroatoms. The van der Waals surface area contributed by atoms with Crippen LogP contribution in [-0.2, 0) is 9.53 Å². The summed E-state index contributed by atoms with van der Waals surface area (Å²) in [5, 5.41) is 8.50. The van der Waals surface area contributed by atoms with Crippen molar-refractivity contribution in [3.63, 3.8) is 0 Å². The molecule has 0 bridgehead atoms. The molecule has 0 unspecified atom stereocenters. The molecule has 1 aliphatic heterocycles. The second kappa shape index (κ2) is 9.31. The summed E-state index contributed by atoms with van der Waals surface area (Å²) in [5.41, 5.74) is 0. The van der Waals surface area contributed by atoms with Gasteiger partial charge in [-0.15, -0.1) is 0 Å². The molecule has 1 saturated carbocycles. The van der Waals surface area contributed by atoms with E-state index in [2.05, 4.69) is 12.2 Å². The average Bonchev–Trinajstić information content (AvgIpc) is 3.11. The Labute approximate surface area is 131 Å². The van der Waals surface area contributed by atoms with Gasteiger partial charge in [-0.3, -0.25) is 0 Å². The molecule has 1 aliphatic carbocycles. The molecule has 2 atom stereocenters. The summed E-state index contributed by atoms with van der Waals surface area (Å²) in [6.07, 6.45) is 14.6. The van der Waals surface area contributed by atoms with Gasteiger partial charge in [-0.1, -0.05) is 31.1 Å². The SMILES string of the molecule is O=C(O)/C=C\CC=CC[C@@H]1CSC[C@@H]1COC1CCCC1. The summed E-state index contributed by atoms with van der Waals surface area (Å²) in [6.45, 7) is 0.926. The van der Waals surface area contributed by atoms with Gasteiger partial charge in [0.15, 0.2) is 0 Å². The van der Waals surface area contributed by atoms with E-state index in [9.17, 15) is 4.79 Å². The van der Waals surface area contributed by atoms with Crippen molar-refractivity contribution < 1.29 is 14.6 Å². The number of ether oxygens (including phenoxy) is 1. The number of hydrogen-bond donors (Lipinski definition) is 1. The third kappa shape index (κ3) is 6.27. The lowest BCUT2D eigenvalue weighted by atomic mass is 9.93. The first-order valence-electron chi connectivity index (χ1n) is 7.99. The first-order valence-corrected chi connectivity index (χ1v) is 9.15. The van der Waals surface area contributed by atoms with Gasteiger partial charge in [-0.25, -0.2) is 4.79 Å². The maximum absolute atomic E-state index is 10.3. The van der Waals surface area contributed by atoms with Crippen molar-refractivity contribution in [2.24, 2.45) is 11.8 Å². The summed E-state index contributed by atoms with van der Waals surface area (Å²) in [7, 11) is 0. The molecule has 2 aliphatic rings. The lowest BCUT2D eigenvalue weighted by molar-refractivity contribution is -0.131. The first-order chi connectivity index (χ1) is 10.3. The number of carbonyl (C=O) groups is 1. The standard InChI is InChI=1S/C17H26O3S/c18-17(19)10-4-2-1-3-7-14-12-21-13-15(14)11-20-16-8-5-6-9-16/h1,3-4,10,14-16H,2,5-9,11-13H2,(H,18,19)/b3-1?,10-4-/t14-,15+/m1/s1. The molecular weight excluding hydrogens is 284 g/mol. The number of carboxylic acids is 1. The van der Waals surface area contributed by atoms with E-state index in [-0.39, 0.29) is 0 Å².